The van der Waals surface area contributed by atoms with Gasteiger partial charge in [0.05, 0.1) is 15.5 Å². The highest BCUT2D eigenvalue weighted by Crippen LogP contribution is 2.32. The van der Waals surface area contributed by atoms with Gasteiger partial charge in [0.15, 0.2) is 0 Å². The van der Waals surface area contributed by atoms with Crippen LogP contribution >= 0.6 is 11.8 Å². The van der Waals surface area contributed by atoms with E-state index in [9.17, 15) is 13.2 Å². The Bertz CT molecular complexity index is 1280. The molecule has 1 aromatic heterocycles. The number of carbonyl (C=O) groups is 1. The molecule has 0 radical (unpaired) electrons. The molecule has 1 heterocycles. The zero-order chi connectivity index (χ0) is 20.6. The number of aromatic nitrogens is 4. The molecule has 1 aliphatic carbocycles. The molecule has 1 aliphatic rings. The van der Waals surface area contributed by atoms with Crippen molar-refractivity contribution < 1.29 is 13.2 Å². The summed E-state index contributed by atoms with van der Waals surface area (Å²) in [5.74, 6) is -0.236. The van der Waals surface area contributed by atoms with Crippen LogP contribution in [0.5, 0.6) is 0 Å². The fraction of sp³-hybridized carbons (Fsp3) is 0.105. The minimum atomic E-state index is -3.95. The molecule has 10 heteroatoms. The smallest absolute Gasteiger partial charge is 0.282 e. The Kier molecular flexibility index (Phi) is 4.89. The van der Waals surface area contributed by atoms with Crippen LogP contribution in [-0.4, -0.2) is 40.1 Å². The normalized spacial score (nSPS) is 15.3. The summed E-state index contributed by atoms with van der Waals surface area (Å²) in [5, 5.41) is 11.6. The average molecular weight is 425 g/mol. The van der Waals surface area contributed by atoms with Crippen molar-refractivity contribution in [2.45, 2.75) is 17.0 Å². The number of ketones is 1. The van der Waals surface area contributed by atoms with Gasteiger partial charge < -0.3 is 0 Å². The summed E-state index contributed by atoms with van der Waals surface area (Å²) in [5.41, 5.74) is 1.98. The number of benzene rings is 2. The van der Waals surface area contributed by atoms with Crippen LogP contribution in [-0.2, 0) is 17.1 Å². The third-order valence-electron chi connectivity index (χ3n) is 4.26. The second-order valence-corrected chi connectivity index (χ2v) is 8.95. The van der Waals surface area contributed by atoms with E-state index in [4.69, 9.17) is 0 Å². The fourth-order valence-electron chi connectivity index (χ4n) is 2.75. The molecule has 0 saturated carbocycles. The van der Waals surface area contributed by atoms with Gasteiger partial charge in [-0.15, -0.1) is 5.10 Å². The highest BCUT2D eigenvalue weighted by atomic mass is 32.2. The summed E-state index contributed by atoms with van der Waals surface area (Å²) >= 11 is 1.06. The SMILES string of the molecule is Cc1ccc(S(=O)(=O)/N=C2\C=C(Sc3nnnn3C)C(=O)c3ccccc32)cc1. The van der Waals surface area contributed by atoms with Crippen LogP contribution in [0, 0.1) is 6.92 Å². The largest absolute Gasteiger partial charge is 0.288 e. The number of carbonyl (C=O) groups excluding carboxylic acids is 1. The molecule has 0 aliphatic heterocycles. The average Bonchev–Trinajstić information content (AvgIpc) is 3.10. The summed E-state index contributed by atoms with van der Waals surface area (Å²) < 4.78 is 31.1. The Morgan fingerprint density at radius 1 is 1.03 bits per heavy atom. The molecule has 8 nitrogen and oxygen atoms in total. The third kappa shape index (κ3) is 3.76. The number of hydrogen-bond donors (Lipinski definition) is 0. The molecule has 0 atom stereocenters. The van der Waals surface area contributed by atoms with Gasteiger partial charge >= 0.3 is 0 Å². The molecule has 0 bridgehead atoms. The number of nitrogens with zero attached hydrogens (tertiary/aromatic N) is 5. The lowest BCUT2D eigenvalue weighted by molar-refractivity contribution is 0.104. The summed E-state index contributed by atoms with van der Waals surface area (Å²) in [7, 11) is -2.30. The van der Waals surface area contributed by atoms with Crippen molar-refractivity contribution in [1.29, 1.82) is 0 Å². The number of hydrogen-bond acceptors (Lipinski definition) is 7. The number of fused-ring (bicyclic) bond motifs is 1. The van der Waals surface area contributed by atoms with E-state index in [1.807, 2.05) is 6.92 Å². The lowest BCUT2D eigenvalue weighted by Crippen LogP contribution is -2.17. The van der Waals surface area contributed by atoms with Crippen LogP contribution in [0.15, 0.2) is 74.0 Å². The van der Waals surface area contributed by atoms with Crippen LogP contribution < -0.4 is 0 Å². The molecule has 0 amide bonds. The first-order valence-electron chi connectivity index (χ1n) is 8.53. The molecule has 0 spiro atoms. The molecule has 2 aromatic carbocycles. The quantitative estimate of drug-likeness (QED) is 0.632. The molecule has 146 valence electrons. The zero-order valence-electron chi connectivity index (χ0n) is 15.5. The van der Waals surface area contributed by atoms with E-state index in [-0.39, 0.29) is 16.4 Å². The maximum absolute atomic E-state index is 12.9. The summed E-state index contributed by atoms with van der Waals surface area (Å²) in [6, 6.07) is 13.2. The molecule has 0 fully saturated rings. The first-order valence-corrected chi connectivity index (χ1v) is 10.8. The second-order valence-electron chi connectivity index (χ2n) is 6.34. The molecule has 4 rings (SSSR count). The van der Waals surface area contributed by atoms with Gasteiger partial charge in [0.1, 0.15) is 0 Å². The van der Waals surface area contributed by atoms with Gasteiger partial charge in [-0.05, 0) is 47.3 Å². The second kappa shape index (κ2) is 7.37. The molecular weight excluding hydrogens is 410 g/mol. The van der Waals surface area contributed by atoms with Crippen molar-refractivity contribution in [2.75, 3.05) is 0 Å². The van der Waals surface area contributed by atoms with Gasteiger partial charge in [-0.2, -0.15) is 12.8 Å². The fourth-order valence-corrected chi connectivity index (χ4v) is 4.57. The van der Waals surface area contributed by atoms with E-state index in [0.717, 1.165) is 17.3 Å². The maximum atomic E-state index is 12.9. The van der Waals surface area contributed by atoms with E-state index in [2.05, 4.69) is 19.9 Å². The first kappa shape index (κ1) is 19.2. The van der Waals surface area contributed by atoms with Crippen LogP contribution in [0.3, 0.4) is 0 Å². The number of sulfonamides is 1. The topological polar surface area (TPSA) is 107 Å². The standard InChI is InChI=1S/C19H15N5O3S2/c1-12-7-9-13(10-8-12)29(26,27)21-16-11-17(28-19-20-22-23-24(19)2)18(25)15-6-4-3-5-14(15)16/h3-11H,1-2H3/b21-16+. The van der Waals surface area contributed by atoms with Crippen molar-refractivity contribution in [3.8, 4) is 0 Å². The predicted octanol–water partition coefficient (Wildman–Crippen LogP) is 2.57. The number of tetrazole rings is 1. The Hall–Kier alpha value is -3.11. The van der Waals surface area contributed by atoms with E-state index in [1.54, 1.807) is 43.4 Å². The van der Waals surface area contributed by atoms with E-state index in [0.29, 0.717) is 21.2 Å². The van der Waals surface area contributed by atoms with Crippen molar-refractivity contribution in [2.24, 2.45) is 11.4 Å². The van der Waals surface area contributed by atoms with Crippen molar-refractivity contribution in [1.82, 2.24) is 20.2 Å². The lowest BCUT2D eigenvalue weighted by atomic mass is 9.94. The molecular formula is C19H15N5O3S2. The van der Waals surface area contributed by atoms with Gasteiger partial charge in [0.25, 0.3) is 10.0 Å². The van der Waals surface area contributed by atoms with Gasteiger partial charge in [0, 0.05) is 18.2 Å². The van der Waals surface area contributed by atoms with Gasteiger partial charge in [0.2, 0.25) is 10.9 Å². The first-order chi connectivity index (χ1) is 13.8. The van der Waals surface area contributed by atoms with Crippen LogP contribution in [0.1, 0.15) is 21.5 Å². The Labute approximate surface area is 171 Å². The predicted molar refractivity (Wildman–Crippen MR) is 108 cm³/mol. The summed E-state index contributed by atoms with van der Waals surface area (Å²) in [6.45, 7) is 1.87. The maximum Gasteiger partial charge on any atom is 0.282 e. The highest BCUT2D eigenvalue weighted by molar-refractivity contribution is 8.04. The van der Waals surface area contributed by atoms with Crippen molar-refractivity contribution >= 4 is 33.3 Å². The molecule has 0 unspecified atom stereocenters. The number of allylic oxidation sites excluding steroid dienone is 2. The minimum absolute atomic E-state index is 0.0880. The number of rotatable bonds is 4. The molecule has 0 N–H and O–H groups in total. The van der Waals surface area contributed by atoms with E-state index in [1.165, 1.54) is 22.9 Å². The van der Waals surface area contributed by atoms with Gasteiger partial charge in [-0.3, -0.25) is 4.79 Å². The molecule has 3 aromatic rings. The van der Waals surface area contributed by atoms with Crippen LogP contribution in [0.25, 0.3) is 0 Å². The summed E-state index contributed by atoms with van der Waals surface area (Å²) in [4.78, 5) is 13.3. The van der Waals surface area contributed by atoms with Crippen molar-refractivity contribution in [3.63, 3.8) is 0 Å². The van der Waals surface area contributed by atoms with Crippen LogP contribution in [0.2, 0.25) is 0 Å². The Balaban J connectivity index is 1.83. The van der Waals surface area contributed by atoms with Gasteiger partial charge in [-0.25, -0.2) is 4.68 Å². The zero-order valence-corrected chi connectivity index (χ0v) is 17.1. The molecule has 0 saturated heterocycles. The number of thioether (sulfide) groups is 1. The Morgan fingerprint density at radius 3 is 2.38 bits per heavy atom. The monoisotopic (exact) mass is 425 g/mol. The van der Waals surface area contributed by atoms with Crippen molar-refractivity contribution in [3.05, 3.63) is 76.2 Å². The molecule has 29 heavy (non-hydrogen) atoms. The van der Waals surface area contributed by atoms with Gasteiger partial charge in [-0.1, -0.05) is 42.0 Å². The van der Waals surface area contributed by atoms with E-state index < -0.39 is 10.0 Å². The van der Waals surface area contributed by atoms with E-state index >= 15 is 0 Å². The minimum Gasteiger partial charge on any atom is -0.288 e. The van der Waals surface area contributed by atoms with Crippen LogP contribution in [0.4, 0.5) is 0 Å². The summed E-state index contributed by atoms with van der Waals surface area (Å²) in [6.07, 6.45) is 1.47. The lowest BCUT2D eigenvalue weighted by Gasteiger charge is -2.16. The number of Topliss-reactive ketones (excluding diaryl/α,β-unsaturated/α-hetero) is 1. The highest BCUT2D eigenvalue weighted by Gasteiger charge is 2.27. The number of aryl methyl sites for hydroxylation is 2. The Morgan fingerprint density at radius 2 is 1.72 bits per heavy atom. The third-order valence-corrected chi connectivity index (χ3v) is 6.62.